The fourth-order valence-electron chi connectivity index (χ4n) is 5.89. The summed E-state index contributed by atoms with van der Waals surface area (Å²) in [5.41, 5.74) is 3.44. The highest BCUT2D eigenvalue weighted by atomic mass is 19.1. The van der Waals surface area contributed by atoms with Crippen molar-refractivity contribution >= 4 is 23.2 Å². The fourth-order valence-corrected chi connectivity index (χ4v) is 5.89. The van der Waals surface area contributed by atoms with Gasteiger partial charge in [0.2, 0.25) is 5.95 Å². The number of anilines is 3. The van der Waals surface area contributed by atoms with E-state index < -0.39 is 23.6 Å². The first-order chi connectivity index (χ1) is 22.7. The predicted molar refractivity (Wildman–Crippen MR) is 184 cm³/mol. The molecule has 1 aliphatic rings. The van der Waals surface area contributed by atoms with Crippen LogP contribution in [-0.2, 0) is 16.0 Å². The molecular formula is C38H44F2N4O4. The molecule has 1 fully saturated rings. The SMILES string of the molecule is Cc1nc(Nc2cccnc2F)c(-c2ccc(OCCc3ccc(F)cc3)cc2)c(N2CCC(C)(C)CC2)c1[C@H](OC(C)(C)C)C(=O)O. The van der Waals surface area contributed by atoms with Gasteiger partial charge in [-0.2, -0.15) is 4.39 Å². The van der Waals surface area contributed by atoms with Crippen LogP contribution in [0.4, 0.5) is 26.0 Å². The Balaban J connectivity index is 1.63. The molecule has 0 amide bonds. The molecule has 2 N–H and O–H groups in total. The third-order valence-corrected chi connectivity index (χ3v) is 8.52. The second-order valence-corrected chi connectivity index (χ2v) is 14.0. The number of nitrogens with zero attached hydrogens (tertiary/aromatic N) is 3. The van der Waals surface area contributed by atoms with Crippen LogP contribution in [0.5, 0.6) is 5.75 Å². The number of benzene rings is 2. The van der Waals surface area contributed by atoms with E-state index in [0.717, 1.165) is 24.0 Å². The van der Waals surface area contributed by atoms with Gasteiger partial charge in [0.05, 0.1) is 23.6 Å². The minimum Gasteiger partial charge on any atom is -0.493 e. The molecule has 0 spiro atoms. The number of aromatic nitrogens is 2. The normalized spacial score (nSPS) is 15.2. The van der Waals surface area contributed by atoms with Gasteiger partial charge in [-0.05, 0) is 93.5 Å². The van der Waals surface area contributed by atoms with E-state index in [1.54, 1.807) is 31.2 Å². The summed E-state index contributed by atoms with van der Waals surface area (Å²) in [4.78, 5) is 23.8. The first-order valence-electron chi connectivity index (χ1n) is 16.3. The van der Waals surface area contributed by atoms with Gasteiger partial charge in [0.25, 0.3) is 0 Å². The Labute approximate surface area is 281 Å². The predicted octanol–water partition coefficient (Wildman–Crippen LogP) is 8.66. The van der Waals surface area contributed by atoms with Gasteiger partial charge < -0.3 is 24.8 Å². The van der Waals surface area contributed by atoms with Gasteiger partial charge in [-0.3, -0.25) is 0 Å². The molecule has 254 valence electrons. The molecule has 5 rings (SSSR count). The molecular weight excluding hydrogens is 614 g/mol. The van der Waals surface area contributed by atoms with Crippen molar-refractivity contribution in [3.63, 3.8) is 0 Å². The molecule has 0 aliphatic carbocycles. The van der Waals surface area contributed by atoms with Gasteiger partial charge in [-0.15, -0.1) is 0 Å². The zero-order chi connectivity index (χ0) is 34.6. The van der Waals surface area contributed by atoms with Crippen molar-refractivity contribution in [2.24, 2.45) is 5.41 Å². The number of nitrogens with one attached hydrogen (secondary N) is 1. The van der Waals surface area contributed by atoms with E-state index in [2.05, 4.69) is 29.0 Å². The molecule has 8 nitrogen and oxygen atoms in total. The number of hydrogen-bond donors (Lipinski definition) is 2. The summed E-state index contributed by atoms with van der Waals surface area (Å²) in [6.07, 6.45) is 2.47. The average molecular weight is 659 g/mol. The van der Waals surface area contributed by atoms with Gasteiger partial charge in [-0.25, -0.2) is 19.2 Å². The van der Waals surface area contributed by atoms with Crippen LogP contribution >= 0.6 is 0 Å². The summed E-state index contributed by atoms with van der Waals surface area (Å²) in [5, 5.41) is 13.7. The molecule has 10 heteroatoms. The smallest absolute Gasteiger partial charge is 0.337 e. The first kappa shape index (κ1) is 34.8. The highest BCUT2D eigenvalue weighted by molar-refractivity contribution is 5.93. The number of piperidine rings is 1. The number of hydrogen-bond acceptors (Lipinski definition) is 7. The topological polar surface area (TPSA) is 96.8 Å². The maximum Gasteiger partial charge on any atom is 0.337 e. The second-order valence-electron chi connectivity index (χ2n) is 14.0. The maximum atomic E-state index is 14.9. The molecule has 0 saturated carbocycles. The van der Waals surface area contributed by atoms with Gasteiger partial charge in [0.15, 0.2) is 6.10 Å². The van der Waals surface area contributed by atoms with Crippen molar-refractivity contribution in [3.05, 3.63) is 95.4 Å². The van der Waals surface area contributed by atoms with Crippen LogP contribution in [0.2, 0.25) is 0 Å². The van der Waals surface area contributed by atoms with Crippen LogP contribution in [-0.4, -0.2) is 46.3 Å². The highest BCUT2D eigenvalue weighted by Crippen LogP contribution is 2.47. The summed E-state index contributed by atoms with van der Waals surface area (Å²) in [5.74, 6) is -1.08. The van der Waals surface area contributed by atoms with Gasteiger partial charge in [0.1, 0.15) is 17.4 Å². The van der Waals surface area contributed by atoms with Gasteiger partial charge in [-0.1, -0.05) is 38.1 Å². The molecule has 3 heterocycles. The van der Waals surface area contributed by atoms with E-state index in [9.17, 15) is 18.7 Å². The lowest BCUT2D eigenvalue weighted by Gasteiger charge is -2.41. The lowest BCUT2D eigenvalue weighted by Crippen LogP contribution is -2.39. The van der Waals surface area contributed by atoms with Crippen LogP contribution in [0.1, 0.15) is 70.4 Å². The Morgan fingerprint density at radius 3 is 2.31 bits per heavy atom. The molecule has 0 unspecified atom stereocenters. The molecule has 48 heavy (non-hydrogen) atoms. The van der Waals surface area contributed by atoms with Crippen LogP contribution < -0.4 is 15.0 Å². The van der Waals surface area contributed by atoms with Crippen LogP contribution in [0.3, 0.4) is 0 Å². The minimum atomic E-state index is -1.31. The van der Waals surface area contributed by atoms with E-state index in [4.69, 9.17) is 14.5 Å². The van der Waals surface area contributed by atoms with Crippen molar-refractivity contribution in [3.8, 4) is 16.9 Å². The largest absolute Gasteiger partial charge is 0.493 e. The third kappa shape index (κ3) is 8.47. The monoisotopic (exact) mass is 658 g/mol. The molecule has 1 atom stereocenters. The highest BCUT2D eigenvalue weighted by Gasteiger charge is 2.37. The summed E-state index contributed by atoms with van der Waals surface area (Å²) in [6, 6.07) is 17.0. The number of carbonyl (C=O) groups is 1. The first-order valence-corrected chi connectivity index (χ1v) is 16.3. The number of aliphatic carboxylic acids is 1. The number of carboxylic acid groups (broad SMARTS) is 1. The van der Waals surface area contributed by atoms with Crippen LogP contribution in [0.25, 0.3) is 11.1 Å². The number of rotatable bonds is 11. The number of pyridine rings is 2. The number of halogens is 2. The Kier molecular flexibility index (Phi) is 10.3. The van der Waals surface area contributed by atoms with Crippen molar-refractivity contribution in [2.45, 2.75) is 72.5 Å². The number of carboxylic acids is 1. The van der Waals surface area contributed by atoms with E-state index in [1.807, 2.05) is 45.0 Å². The number of aryl methyl sites for hydroxylation is 1. The Hall–Kier alpha value is -4.57. The molecule has 1 aliphatic heterocycles. The third-order valence-electron chi connectivity index (χ3n) is 8.52. The molecule has 4 aromatic rings. The summed E-state index contributed by atoms with van der Waals surface area (Å²) < 4.78 is 40.5. The lowest BCUT2D eigenvalue weighted by molar-refractivity contribution is -0.160. The standard InChI is InChI=1S/C38H44F2N4O4/c1-24-30(33(36(45)46)48-37(2,3)4)32(44-21-18-38(5,6)19-22-44)31(35(42-24)43-29-8-7-20-41-34(29)40)26-11-15-28(16-12-26)47-23-17-25-9-13-27(39)14-10-25/h7-16,20,33H,17-19,21-23H2,1-6H3,(H,42,43)(H,45,46)/t33-/m0/s1. The molecule has 0 radical (unpaired) electrons. The maximum absolute atomic E-state index is 14.9. The minimum absolute atomic E-state index is 0.125. The lowest BCUT2D eigenvalue weighted by atomic mass is 9.82. The molecule has 2 aromatic carbocycles. The van der Waals surface area contributed by atoms with Crippen molar-refractivity contribution in [1.29, 1.82) is 0 Å². The Bertz CT molecular complexity index is 1730. The van der Waals surface area contributed by atoms with E-state index in [1.165, 1.54) is 18.3 Å². The number of ether oxygens (including phenoxy) is 2. The van der Waals surface area contributed by atoms with Crippen molar-refractivity contribution in [1.82, 2.24) is 9.97 Å². The fraction of sp³-hybridized carbons (Fsp3) is 0.395. The van der Waals surface area contributed by atoms with Crippen LogP contribution in [0, 0.1) is 24.1 Å². The quantitative estimate of drug-likeness (QED) is 0.155. The summed E-state index contributed by atoms with van der Waals surface area (Å²) >= 11 is 0. The zero-order valence-corrected chi connectivity index (χ0v) is 28.4. The van der Waals surface area contributed by atoms with Crippen molar-refractivity contribution < 1.29 is 28.2 Å². The van der Waals surface area contributed by atoms with Gasteiger partial charge in [0, 0.05) is 42.5 Å². The molecule has 1 saturated heterocycles. The summed E-state index contributed by atoms with van der Waals surface area (Å²) in [7, 11) is 0. The average Bonchev–Trinajstić information content (AvgIpc) is 3.02. The van der Waals surface area contributed by atoms with Crippen LogP contribution in [0.15, 0.2) is 66.9 Å². The Morgan fingerprint density at radius 1 is 1.04 bits per heavy atom. The zero-order valence-electron chi connectivity index (χ0n) is 28.4. The van der Waals surface area contributed by atoms with Gasteiger partial charge >= 0.3 is 5.97 Å². The Morgan fingerprint density at radius 2 is 1.71 bits per heavy atom. The molecule has 0 bridgehead atoms. The second kappa shape index (κ2) is 14.3. The molecule has 2 aromatic heterocycles. The van der Waals surface area contributed by atoms with Crippen molar-refractivity contribution in [2.75, 3.05) is 29.9 Å². The van der Waals surface area contributed by atoms with E-state index >= 15 is 0 Å². The van der Waals surface area contributed by atoms with E-state index in [0.29, 0.717) is 60.2 Å². The van der Waals surface area contributed by atoms with E-state index in [-0.39, 0.29) is 16.9 Å². The summed E-state index contributed by atoms with van der Waals surface area (Å²) in [6.45, 7) is 13.5.